The first kappa shape index (κ1) is 11.5. The Kier molecular flexibility index (Phi) is 4.13. The normalized spacial score (nSPS) is 9.40. The Morgan fingerprint density at radius 3 is 2.93 bits per heavy atom. The number of nitrogens with one attached hydrogen (secondary N) is 1. The molecule has 0 bridgehead atoms. The largest absolute Gasteiger partial charge is 0.325 e. The fourth-order valence-electron chi connectivity index (χ4n) is 1.06. The van der Waals surface area contributed by atoms with E-state index in [9.17, 15) is 9.18 Å². The van der Waals surface area contributed by atoms with Gasteiger partial charge in [0.05, 0.1) is 5.69 Å². The third-order valence-corrected chi connectivity index (χ3v) is 1.96. The molecule has 0 aliphatic carbocycles. The van der Waals surface area contributed by atoms with E-state index in [1.54, 1.807) is 6.07 Å². The highest BCUT2D eigenvalue weighted by Crippen LogP contribution is 2.17. The minimum Gasteiger partial charge on any atom is -0.325 e. The van der Waals surface area contributed by atoms with Gasteiger partial charge in [0.25, 0.3) is 0 Å². The molecule has 3 nitrogen and oxygen atoms in total. The molecule has 15 heavy (non-hydrogen) atoms. The maximum atomic E-state index is 13.1. The van der Waals surface area contributed by atoms with Crippen molar-refractivity contribution in [2.75, 3.05) is 11.1 Å². The number of halogens is 1. The zero-order valence-corrected chi connectivity index (χ0v) is 8.72. The number of rotatable bonds is 3. The smallest absolute Gasteiger partial charge is 0.225 e. The summed E-state index contributed by atoms with van der Waals surface area (Å²) in [5.74, 6) is -0.517. The van der Waals surface area contributed by atoms with Crippen LogP contribution in [0.2, 0.25) is 0 Å². The maximum Gasteiger partial charge on any atom is 0.225 e. The van der Waals surface area contributed by atoms with Crippen molar-refractivity contribution in [1.82, 2.24) is 0 Å². The number of hydrogen-bond acceptors (Lipinski definition) is 3. The SMILES string of the molecule is N#Cc1c(F)cccc1NC(=O)CCS. The Morgan fingerprint density at radius 1 is 1.60 bits per heavy atom. The first-order valence-electron chi connectivity index (χ1n) is 4.28. The summed E-state index contributed by atoms with van der Waals surface area (Å²) in [6.45, 7) is 0. The van der Waals surface area contributed by atoms with Gasteiger partial charge in [0, 0.05) is 6.42 Å². The summed E-state index contributed by atoms with van der Waals surface area (Å²) in [5, 5.41) is 11.1. The molecule has 0 heterocycles. The van der Waals surface area contributed by atoms with Gasteiger partial charge in [-0.1, -0.05) is 6.07 Å². The third kappa shape index (κ3) is 2.96. The molecule has 78 valence electrons. The number of nitriles is 1. The Morgan fingerprint density at radius 2 is 2.33 bits per heavy atom. The molecular weight excluding hydrogens is 215 g/mol. The highest BCUT2D eigenvalue weighted by molar-refractivity contribution is 7.80. The zero-order valence-electron chi connectivity index (χ0n) is 7.83. The second-order valence-electron chi connectivity index (χ2n) is 2.80. The van der Waals surface area contributed by atoms with E-state index >= 15 is 0 Å². The topological polar surface area (TPSA) is 52.9 Å². The fraction of sp³-hybridized carbons (Fsp3) is 0.200. The maximum absolute atomic E-state index is 13.1. The van der Waals surface area contributed by atoms with Gasteiger partial charge in [0.15, 0.2) is 0 Å². The number of carbonyl (C=O) groups is 1. The Labute approximate surface area is 92.3 Å². The zero-order chi connectivity index (χ0) is 11.3. The van der Waals surface area contributed by atoms with Gasteiger partial charge in [-0.25, -0.2) is 4.39 Å². The lowest BCUT2D eigenvalue weighted by Gasteiger charge is -2.06. The molecule has 0 saturated heterocycles. The van der Waals surface area contributed by atoms with E-state index in [2.05, 4.69) is 17.9 Å². The lowest BCUT2D eigenvalue weighted by molar-refractivity contribution is -0.115. The molecule has 1 aromatic rings. The van der Waals surface area contributed by atoms with Crippen LogP contribution in [0, 0.1) is 17.1 Å². The van der Waals surface area contributed by atoms with Crippen molar-refractivity contribution < 1.29 is 9.18 Å². The van der Waals surface area contributed by atoms with Gasteiger partial charge in [0.2, 0.25) is 5.91 Å². The van der Waals surface area contributed by atoms with E-state index in [-0.39, 0.29) is 23.6 Å². The summed E-state index contributed by atoms with van der Waals surface area (Å²) in [6.07, 6.45) is 0.227. The van der Waals surface area contributed by atoms with E-state index < -0.39 is 5.82 Å². The van der Waals surface area contributed by atoms with Gasteiger partial charge in [-0.15, -0.1) is 0 Å². The van der Waals surface area contributed by atoms with Crippen LogP contribution < -0.4 is 5.32 Å². The van der Waals surface area contributed by atoms with Crippen molar-refractivity contribution in [3.8, 4) is 6.07 Å². The van der Waals surface area contributed by atoms with Crippen LogP contribution in [0.15, 0.2) is 18.2 Å². The summed E-state index contributed by atoms with van der Waals surface area (Å²) in [6, 6.07) is 5.80. The van der Waals surface area contributed by atoms with Gasteiger partial charge in [-0.3, -0.25) is 4.79 Å². The molecule has 5 heteroatoms. The Balaban J connectivity index is 2.91. The number of nitrogens with zero attached hydrogens (tertiary/aromatic N) is 1. The molecular formula is C10H9FN2OS. The molecule has 0 spiro atoms. The lowest BCUT2D eigenvalue weighted by atomic mass is 10.2. The summed E-state index contributed by atoms with van der Waals surface area (Å²) >= 11 is 3.90. The molecule has 1 amide bonds. The standard InChI is InChI=1S/C10H9FN2OS/c11-8-2-1-3-9(7(8)6-12)13-10(14)4-5-15/h1-3,15H,4-5H2,(H,13,14). The van der Waals surface area contributed by atoms with Gasteiger partial charge in [-0.05, 0) is 17.9 Å². The van der Waals surface area contributed by atoms with Crippen LogP contribution in [-0.2, 0) is 4.79 Å². The van der Waals surface area contributed by atoms with Crippen molar-refractivity contribution in [1.29, 1.82) is 5.26 Å². The van der Waals surface area contributed by atoms with Crippen LogP contribution in [0.25, 0.3) is 0 Å². The minimum absolute atomic E-state index is 0.148. The fourth-order valence-corrected chi connectivity index (χ4v) is 1.26. The van der Waals surface area contributed by atoms with Crippen LogP contribution in [0.4, 0.5) is 10.1 Å². The van der Waals surface area contributed by atoms with Crippen molar-refractivity contribution in [2.24, 2.45) is 0 Å². The molecule has 0 aromatic heterocycles. The molecule has 1 aromatic carbocycles. The predicted molar refractivity (Wildman–Crippen MR) is 58.2 cm³/mol. The number of benzene rings is 1. The highest BCUT2D eigenvalue weighted by atomic mass is 32.1. The summed E-state index contributed by atoms with van der Waals surface area (Å²) in [7, 11) is 0. The highest BCUT2D eigenvalue weighted by Gasteiger charge is 2.09. The average molecular weight is 224 g/mol. The molecule has 0 unspecified atom stereocenters. The molecule has 0 fully saturated rings. The minimum atomic E-state index is -0.638. The number of amides is 1. The monoisotopic (exact) mass is 224 g/mol. The number of anilines is 1. The van der Waals surface area contributed by atoms with Gasteiger partial charge in [0.1, 0.15) is 17.4 Å². The van der Waals surface area contributed by atoms with E-state index in [1.165, 1.54) is 18.2 Å². The average Bonchev–Trinajstić information content (AvgIpc) is 2.18. The van der Waals surface area contributed by atoms with Crippen LogP contribution in [-0.4, -0.2) is 11.7 Å². The molecule has 1 rings (SSSR count). The van der Waals surface area contributed by atoms with Gasteiger partial charge < -0.3 is 5.32 Å². The van der Waals surface area contributed by atoms with Gasteiger partial charge in [-0.2, -0.15) is 17.9 Å². The molecule has 1 N–H and O–H groups in total. The lowest BCUT2D eigenvalue weighted by Crippen LogP contribution is -2.13. The van der Waals surface area contributed by atoms with Gasteiger partial charge >= 0.3 is 0 Å². The Bertz CT molecular complexity index is 414. The van der Waals surface area contributed by atoms with Crippen molar-refractivity contribution >= 4 is 24.2 Å². The molecule has 0 atom stereocenters. The second-order valence-corrected chi connectivity index (χ2v) is 3.24. The molecule has 0 aliphatic rings. The third-order valence-electron chi connectivity index (χ3n) is 1.74. The second kappa shape index (κ2) is 5.37. The van der Waals surface area contributed by atoms with Crippen molar-refractivity contribution in [3.05, 3.63) is 29.6 Å². The number of hydrogen-bond donors (Lipinski definition) is 2. The molecule has 0 radical (unpaired) electrons. The van der Waals surface area contributed by atoms with E-state index in [0.717, 1.165) is 0 Å². The first-order valence-corrected chi connectivity index (χ1v) is 4.91. The summed E-state index contributed by atoms with van der Waals surface area (Å²) in [5.41, 5.74) is 0.0503. The van der Waals surface area contributed by atoms with Crippen molar-refractivity contribution in [3.63, 3.8) is 0 Å². The summed E-state index contributed by atoms with van der Waals surface area (Å²) < 4.78 is 13.1. The van der Waals surface area contributed by atoms with E-state index in [0.29, 0.717) is 5.75 Å². The van der Waals surface area contributed by atoms with Crippen LogP contribution in [0.1, 0.15) is 12.0 Å². The number of carbonyl (C=O) groups excluding carboxylic acids is 1. The predicted octanol–water partition coefficient (Wildman–Crippen LogP) is 1.96. The molecule has 0 saturated carbocycles. The Hall–Kier alpha value is -1.54. The van der Waals surface area contributed by atoms with E-state index in [4.69, 9.17) is 5.26 Å². The van der Waals surface area contributed by atoms with Crippen LogP contribution in [0.5, 0.6) is 0 Å². The summed E-state index contributed by atoms with van der Waals surface area (Å²) in [4.78, 5) is 11.2. The van der Waals surface area contributed by atoms with Crippen LogP contribution >= 0.6 is 12.6 Å². The van der Waals surface area contributed by atoms with E-state index in [1.807, 2.05) is 0 Å². The quantitative estimate of drug-likeness (QED) is 0.771. The van der Waals surface area contributed by atoms with Crippen molar-refractivity contribution in [2.45, 2.75) is 6.42 Å². The number of thiol groups is 1. The molecule has 0 aliphatic heterocycles. The van der Waals surface area contributed by atoms with Crippen LogP contribution in [0.3, 0.4) is 0 Å². The first-order chi connectivity index (χ1) is 7.19.